The zero-order valence-electron chi connectivity index (χ0n) is 16.2. The quantitative estimate of drug-likeness (QED) is 0.482. The van der Waals surface area contributed by atoms with Crippen molar-refractivity contribution in [2.75, 3.05) is 6.54 Å². The van der Waals surface area contributed by atoms with Crippen molar-refractivity contribution in [3.8, 4) is 0 Å². The highest BCUT2D eigenvalue weighted by Crippen LogP contribution is 2.19. The molecule has 2 rings (SSSR count). The maximum atomic E-state index is 12.2. The summed E-state index contributed by atoms with van der Waals surface area (Å²) in [5, 5.41) is 25.1. The number of nitro groups is 1. The highest BCUT2D eigenvalue weighted by atomic mass is 16.6. The number of rotatable bonds is 7. The van der Waals surface area contributed by atoms with Gasteiger partial charge in [-0.05, 0) is 38.5 Å². The molecule has 0 spiro atoms. The Hall–Kier alpha value is -3.75. The van der Waals surface area contributed by atoms with E-state index in [4.69, 9.17) is 0 Å². The van der Waals surface area contributed by atoms with E-state index in [2.05, 4.69) is 10.6 Å². The first-order valence-corrected chi connectivity index (χ1v) is 8.72. The van der Waals surface area contributed by atoms with E-state index in [1.165, 1.54) is 25.1 Å². The molecule has 9 nitrogen and oxygen atoms in total. The second-order valence-corrected chi connectivity index (χ2v) is 6.70. The van der Waals surface area contributed by atoms with Crippen LogP contribution in [0.25, 0.3) is 0 Å². The van der Waals surface area contributed by atoms with Crippen LogP contribution in [0.15, 0.2) is 36.4 Å². The van der Waals surface area contributed by atoms with Gasteiger partial charge >= 0.3 is 5.97 Å². The monoisotopic (exact) mass is 399 g/mol. The second kappa shape index (κ2) is 8.96. The molecule has 152 valence electrons. The summed E-state index contributed by atoms with van der Waals surface area (Å²) >= 11 is 0. The van der Waals surface area contributed by atoms with E-state index in [9.17, 15) is 29.6 Å². The molecule has 2 amide bonds. The number of carbonyl (C=O) groups excluding carboxylic acids is 2. The van der Waals surface area contributed by atoms with Crippen LogP contribution >= 0.6 is 0 Å². The Morgan fingerprint density at radius 3 is 2.21 bits per heavy atom. The standard InChI is InChI=1S/C20H21N3O6/c1-11-6-12(2)8-15(7-11)18(20(26)27)22-17(24)10-21-19(25)14-4-5-16(23(28)29)13(3)9-14/h4-9,18H,10H2,1-3H3,(H,21,25)(H,22,24)(H,26,27). The van der Waals surface area contributed by atoms with Gasteiger partial charge in [0, 0.05) is 17.2 Å². The highest BCUT2D eigenvalue weighted by molar-refractivity contribution is 5.97. The molecule has 0 aliphatic carbocycles. The summed E-state index contributed by atoms with van der Waals surface area (Å²) < 4.78 is 0. The molecule has 0 saturated carbocycles. The zero-order valence-corrected chi connectivity index (χ0v) is 16.2. The van der Waals surface area contributed by atoms with E-state index in [1.54, 1.807) is 12.1 Å². The molecule has 2 aromatic rings. The molecular formula is C20H21N3O6. The topological polar surface area (TPSA) is 139 Å². The third-order valence-corrected chi connectivity index (χ3v) is 4.19. The van der Waals surface area contributed by atoms with E-state index in [-0.39, 0.29) is 11.3 Å². The molecule has 1 atom stereocenters. The summed E-state index contributed by atoms with van der Waals surface area (Å²) in [7, 11) is 0. The fourth-order valence-corrected chi connectivity index (χ4v) is 2.94. The summed E-state index contributed by atoms with van der Waals surface area (Å²) in [5.74, 6) is -2.50. The minimum absolute atomic E-state index is 0.114. The van der Waals surface area contributed by atoms with Gasteiger partial charge in [-0.15, -0.1) is 0 Å². The molecule has 0 aliphatic rings. The molecule has 3 N–H and O–H groups in total. The van der Waals surface area contributed by atoms with Crippen LogP contribution in [0, 0.1) is 30.9 Å². The van der Waals surface area contributed by atoms with Crippen LogP contribution in [0.1, 0.15) is 38.7 Å². The molecule has 0 bridgehead atoms. The van der Waals surface area contributed by atoms with Gasteiger partial charge in [-0.3, -0.25) is 19.7 Å². The number of aliphatic carboxylic acids is 1. The summed E-state index contributed by atoms with van der Waals surface area (Å²) in [5.41, 5.74) is 2.51. The number of hydrogen-bond donors (Lipinski definition) is 3. The van der Waals surface area contributed by atoms with E-state index in [1.807, 2.05) is 19.9 Å². The lowest BCUT2D eigenvalue weighted by molar-refractivity contribution is -0.385. The van der Waals surface area contributed by atoms with Gasteiger partial charge < -0.3 is 15.7 Å². The molecule has 1 unspecified atom stereocenters. The molecule has 9 heteroatoms. The molecule has 0 aromatic heterocycles. The molecule has 0 saturated heterocycles. The average Bonchev–Trinajstić information content (AvgIpc) is 2.62. The van der Waals surface area contributed by atoms with Crippen LogP contribution in [-0.4, -0.2) is 34.4 Å². The normalized spacial score (nSPS) is 11.4. The SMILES string of the molecule is Cc1cc(C)cc(C(NC(=O)CNC(=O)c2ccc([N+](=O)[O-])c(C)c2)C(=O)O)c1. The summed E-state index contributed by atoms with van der Waals surface area (Å²) in [6.45, 7) is 4.71. The lowest BCUT2D eigenvalue weighted by Crippen LogP contribution is -2.41. The number of benzene rings is 2. The second-order valence-electron chi connectivity index (χ2n) is 6.70. The van der Waals surface area contributed by atoms with Crippen molar-refractivity contribution in [1.29, 1.82) is 0 Å². The van der Waals surface area contributed by atoms with Gasteiger partial charge in [-0.2, -0.15) is 0 Å². The van der Waals surface area contributed by atoms with Crippen LogP contribution in [0.2, 0.25) is 0 Å². The number of nitrogens with one attached hydrogen (secondary N) is 2. The number of hydrogen-bond acceptors (Lipinski definition) is 5. The Bertz CT molecular complexity index is 966. The van der Waals surface area contributed by atoms with Crippen LogP contribution in [0.5, 0.6) is 0 Å². The lowest BCUT2D eigenvalue weighted by atomic mass is 10.0. The van der Waals surface area contributed by atoms with Crippen LogP contribution < -0.4 is 10.6 Å². The van der Waals surface area contributed by atoms with E-state index >= 15 is 0 Å². The van der Waals surface area contributed by atoms with Gasteiger partial charge in [-0.25, -0.2) is 4.79 Å². The van der Waals surface area contributed by atoms with Gasteiger partial charge in [0.2, 0.25) is 5.91 Å². The number of carboxylic acids is 1. The predicted molar refractivity (Wildman–Crippen MR) is 105 cm³/mol. The van der Waals surface area contributed by atoms with E-state index < -0.39 is 35.3 Å². The number of carbonyl (C=O) groups is 3. The Balaban J connectivity index is 2.04. The van der Waals surface area contributed by atoms with Crippen LogP contribution in [-0.2, 0) is 9.59 Å². The summed E-state index contributed by atoms with van der Waals surface area (Å²) in [6.07, 6.45) is 0. The first kappa shape index (κ1) is 21.5. The van der Waals surface area contributed by atoms with E-state index in [0.717, 1.165) is 11.1 Å². The van der Waals surface area contributed by atoms with Crippen molar-refractivity contribution in [1.82, 2.24) is 10.6 Å². The van der Waals surface area contributed by atoms with Gasteiger partial charge in [0.1, 0.15) is 0 Å². The zero-order chi connectivity index (χ0) is 21.7. The summed E-state index contributed by atoms with van der Waals surface area (Å²) in [4.78, 5) is 46.2. The highest BCUT2D eigenvalue weighted by Gasteiger charge is 2.23. The fourth-order valence-electron chi connectivity index (χ4n) is 2.94. The number of nitro benzene ring substituents is 1. The third kappa shape index (κ3) is 5.61. The van der Waals surface area contributed by atoms with Gasteiger partial charge in [0.15, 0.2) is 6.04 Å². The van der Waals surface area contributed by atoms with Gasteiger partial charge in [0.25, 0.3) is 11.6 Å². The molecular weight excluding hydrogens is 378 g/mol. The van der Waals surface area contributed by atoms with Gasteiger partial charge in [-0.1, -0.05) is 29.3 Å². The Kier molecular flexibility index (Phi) is 6.66. The molecule has 29 heavy (non-hydrogen) atoms. The van der Waals surface area contributed by atoms with Crippen molar-refractivity contribution in [2.45, 2.75) is 26.8 Å². The van der Waals surface area contributed by atoms with Crippen molar-refractivity contribution < 1.29 is 24.4 Å². The smallest absolute Gasteiger partial charge is 0.330 e. The third-order valence-electron chi connectivity index (χ3n) is 4.19. The Morgan fingerprint density at radius 1 is 1.07 bits per heavy atom. The Morgan fingerprint density at radius 2 is 1.69 bits per heavy atom. The van der Waals surface area contributed by atoms with Crippen LogP contribution in [0.4, 0.5) is 5.69 Å². The molecule has 0 heterocycles. The molecule has 0 aliphatic heterocycles. The average molecular weight is 399 g/mol. The van der Waals surface area contributed by atoms with E-state index in [0.29, 0.717) is 11.1 Å². The molecule has 0 fully saturated rings. The first-order chi connectivity index (χ1) is 13.6. The number of amides is 2. The Labute approximate surface area is 166 Å². The van der Waals surface area contributed by atoms with Crippen molar-refractivity contribution in [3.05, 3.63) is 74.3 Å². The molecule has 0 radical (unpaired) electrons. The van der Waals surface area contributed by atoms with Crippen molar-refractivity contribution in [3.63, 3.8) is 0 Å². The first-order valence-electron chi connectivity index (χ1n) is 8.72. The van der Waals surface area contributed by atoms with Gasteiger partial charge in [0.05, 0.1) is 11.5 Å². The minimum Gasteiger partial charge on any atom is -0.479 e. The minimum atomic E-state index is -1.25. The number of aryl methyl sites for hydroxylation is 3. The van der Waals surface area contributed by atoms with Crippen molar-refractivity contribution >= 4 is 23.5 Å². The predicted octanol–water partition coefficient (Wildman–Crippen LogP) is 2.19. The van der Waals surface area contributed by atoms with Crippen molar-refractivity contribution in [2.24, 2.45) is 0 Å². The maximum Gasteiger partial charge on any atom is 0.330 e. The number of carboxylic acid groups (broad SMARTS) is 1. The maximum absolute atomic E-state index is 12.2. The largest absolute Gasteiger partial charge is 0.479 e. The molecule has 2 aromatic carbocycles. The van der Waals surface area contributed by atoms with Crippen LogP contribution in [0.3, 0.4) is 0 Å². The summed E-state index contributed by atoms with van der Waals surface area (Å²) in [6, 6.07) is 7.82. The number of nitrogens with zero attached hydrogens (tertiary/aromatic N) is 1. The lowest BCUT2D eigenvalue weighted by Gasteiger charge is -2.16. The fraction of sp³-hybridized carbons (Fsp3) is 0.250.